The third-order valence-corrected chi connectivity index (χ3v) is 2.93. The summed E-state index contributed by atoms with van der Waals surface area (Å²) in [6.45, 7) is 2.11. The van der Waals surface area contributed by atoms with Crippen molar-refractivity contribution in [1.82, 2.24) is 0 Å². The molecule has 0 amide bonds. The number of aryl methyl sites for hydroxylation is 1. The predicted octanol–water partition coefficient (Wildman–Crippen LogP) is 5.07. The third kappa shape index (κ3) is 2.53. The minimum Gasteiger partial charge on any atom is -0.0616 e. The van der Waals surface area contributed by atoms with Gasteiger partial charge in [-0.1, -0.05) is 76.7 Å². The minimum atomic E-state index is 1.26. The molecule has 0 saturated heterocycles. The van der Waals surface area contributed by atoms with Gasteiger partial charge in [0, 0.05) is 0 Å². The average molecular weight is 320 g/mol. The standard InChI is InChI=1S/C15H13I/c1-12-6-8-14(9-7-12)15-5-3-2-4-13(15)10-11-16/h2-11H,1H3/b11-10+. The van der Waals surface area contributed by atoms with Crippen LogP contribution in [0.4, 0.5) is 0 Å². The van der Waals surface area contributed by atoms with Crippen molar-refractivity contribution in [2.75, 3.05) is 0 Å². The smallest absolute Gasteiger partial charge is 0.0111 e. The molecule has 0 aliphatic carbocycles. The number of hydrogen-bond donors (Lipinski definition) is 0. The van der Waals surface area contributed by atoms with Crippen molar-refractivity contribution in [3.8, 4) is 11.1 Å². The van der Waals surface area contributed by atoms with Crippen LogP contribution in [-0.4, -0.2) is 0 Å². The van der Waals surface area contributed by atoms with Gasteiger partial charge in [0.25, 0.3) is 0 Å². The van der Waals surface area contributed by atoms with E-state index in [9.17, 15) is 0 Å². The van der Waals surface area contributed by atoms with Gasteiger partial charge in [0.2, 0.25) is 0 Å². The van der Waals surface area contributed by atoms with Gasteiger partial charge in [-0.05, 0) is 33.8 Å². The highest BCUT2D eigenvalue weighted by Crippen LogP contribution is 2.25. The Morgan fingerprint density at radius 1 is 0.938 bits per heavy atom. The normalized spacial score (nSPS) is 10.9. The molecule has 2 rings (SSSR count). The van der Waals surface area contributed by atoms with Crippen molar-refractivity contribution >= 4 is 28.7 Å². The van der Waals surface area contributed by atoms with Crippen molar-refractivity contribution in [2.24, 2.45) is 0 Å². The van der Waals surface area contributed by atoms with Gasteiger partial charge >= 0.3 is 0 Å². The van der Waals surface area contributed by atoms with Crippen LogP contribution in [0.15, 0.2) is 52.6 Å². The van der Waals surface area contributed by atoms with Crippen molar-refractivity contribution < 1.29 is 0 Å². The van der Waals surface area contributed by atoms with Crippen LogP contribution in [0.2, 0.25) is 0 Å². The van der Waals surface area contributed by atoms with Gasteiger partial charge in [0.1, 0.15) is 0 Å². The van der Waals surface area contributed by atoms with E-state index < -0.39 is 0 Å². The Bertz CT molecular complexity index is 495. The molecule has 0 heterocycles. The highest BCUT2D eigenvalue weighted by atomic mass is 127. The lowest BCUT2D eigenvalue weighted by molar-refractivity contribution is 1.47. The van der Waals surface area contributed by atoms with Crippen molar-refractivity contribution in [3.63, 3.8) is 0 Å². The molecular weight excluding hydrogens is 307 g/mol. The van der Waals surface area contributed by atoms with E-state index in [4.69, 9.17) is 0 Å². The maximum Gasteiger partial charge on any atom is -0.0111 e. The molecule has 2 aromatic rings. The second-order valence-corrected chi connectivity index (χ2v) is 4.47. The van der Waals surface area contributed by atoms with E-state index in [0.717, 1.165) is 0 Å². The van der Waals surface area contributed by atoms with E-state index in [1.165, 1.54) is 22.3 Å². The summed E-state index contributed by atoms with van der Waals surface area (Å²) >= 11 is 2.25. The van der Waals surface area contributed by atoms with E-state index >= 15 is 0 Å². The number of halogens is 1. The van der Waals surface area contributed by atoms with Crippen LogP contribution in [0.25, 0.3) is 17.2 Å². The molecule has 0 aliphatic rings. The Morgan fingerprint density at radius 3 is 2.31 bits per heavy atom. The van der Waals surface area contributed by atoms with Gasteiger partial charge in [0.05, 0.1) is 0 Å². The first-order chi connectivity index (χ1) is 7.81. The number of hydrogen-bond acceptors (Lipinski definition) is 0. The molecule has 80 valence electrons. The van der Waals surface area contributed by atoms with Crippen LogP contribution >= 0.6 is 22.6 Å². The summed E-state index contributed by atoms with van der Waals surface area (Å²) in [7, 11) is 0. The van der Waals surface area contributed by atoms with Gasteiger partial charge in [-0.15, -0.1) is 0 Å². The fourth-order valence-electron chi connectivity index (χ4n) is 1.71. The molecule has 0 aromatic heterocycles. The van der Waals surface area contributed by atoms with E-state index in [0.29, 0.717) is 0 Å². The average Bonchev–Trinajstić information content (AvgIpc) is 2.32. The topological polar surface area (TPSA) is 0 Å². The molecule has 0 spiro atoms. The van der Waals surface area contributed by atoms with Gasteiger partial charge in [-0.2, -0.15) is 0 Å². The Hall–Kier alpha value is -1.09. The van der Waals surface area contributed by atoms with Gasteiger partial charge in [0.15, 0.2) is 0 Å². The molecule has 0 aliphatic heterocycles. The molecule has 16 heavy (non-hydrogen) atoms. The van der Waals surface area contributed by atoms with Gasteiger partial charge in [-0.25, -0.2) is 0 Å². The van der Waals surface area contributed by atoms with E-state index in [1.54, 1.807) is 0 Å². The van der Waals surface area contributed by atoms with Gasteiger partial charge in [-0.3, -0.25) is 0 Å². The Labute approximate surface area is 110 Å². The molecule has 0 bridgehead atoms. The molecule has 0 radical (unpaired) electrons. The lowest BCUT2D eigenvalue weighted by Gasteiger charge is -2.06. The maximum absolute atomic E-state index is 2.25. The molecule has 0 saturated carbocycles. The second kappa shape index (κ2) is 5.30. The summed E-state index contributed by atoms with van der Waals surface area (Å²) in [5, 5.41) is 0. The first kappa shape index (κ1) is 11.4. The van der Waals surface area contributed by atoms with Crippen LogP contribution in [0.1, 0.15) is 11.1 Å². The fourth-order valence-corrected chi connectivity index (χ4v) is 2.09. The van der Waals surface area contributed by atoms with Crippen LogP contribution in [0.5, 0.6) is 0 Å². The lowest BCUT2D eigenvalue weighted by atomic mass is 9.99. The molecular formula is C15H13I. The van der Waals surface area contributed by atoms with Crippen LogP contribution in [-0.2, 0) is 0 Å². The van der Waals surface area contributed by atoms with Gasteiger partial charge < -0.3 is 0 Å². The highest BCUT2D eigenvalue weighted by molar-refractivity contribution is 14.1. The fraction of sp³-hybridized carbons (Fsp3) is 0.0667. The maximum atomic E-state index is 2.25. The Kier molecular flexibility index (Phi) is 3.78. The zero-order valence-corrected chi connectivity index (χ0v) is 11.3. The first-order valence-corrected chi connectivity index (χ1v) is 6.48. The molecule has 0 unspecified atom stereocenters. The van der Waals surface area contributed by atoms with E-state index in [-0.39, 0.29) is 0 Å². The number of benzene rings is 2. The monoisotopic (exact) mass is 320 g/mol. The summed E-state index contributed by atoms with van der Waals surface area (Å²) in [5.41, 5.74) is 5.12. The second-order valence-electron chi connectivity index (χ2n) is 3.75. The van der Waals surface area contributed by atoms with Crippen LogP contribution < -0.4 is 0 Å². The molecule has 1 heteroatoms. The lowest BCUT2D eigenvalue weighted by Crippen LogP contribution is -1.82. The number of rotatable bonds is 2. The van der Waals surface area contributed by atoms with Crippen molar-refractivity contribution in [1.29, 1.82) is 0 Å². The molecule has 0 N–H and O–H groups in total. The van der Waals surface area contributed by atoms with Crippen LogP contribution in [0.3, 0.4) is 0 Å². The molecule has 0 fully saturated rings. The summed E-state index contributed by atoms with van der Waals surface area (Å²) in [6.07, 6.45) is 2.13. The largest absolute Gasteiger partial charge is 0.0616 e. The zero-order chi connectivity index (χ0) is 11.4. The van der Waals surface area contributed by atoms with E-state index in [2.05, 4.69) is 84.1 Å². The molecule has 0 nitrogen and oxygen atoms in total. The predicted molar refractivity (Wildman–Crippen MR) is 79.7 cm³/mol. The summed E-state index contributed by atoms with van der Waals surface area (Å²) in [5.74, 6) is 0. The van der Waals surface area contributed by atoms with Crippen molar-refractivity contribution in [2.45, 2.75) is 6.92 Å². The summed E-state index contributed by atoms with van der Waals surface area (Å²) < 4.78 is 2.05. The first-order valence-electron chi connectivity index (χ1n) is 5.24. The molecule has 2 aromatic carbocycles. The SMILES string of the molecule is Cc1ccc(-c2ccccc2/C=C/I)cc1. The summed E-state index contributed by atoms with van der Waals surface area (Å²) in [4.78, 5) is 0. The Morgan fingerprint density at radius 2 is 1.62 bits per heavy atom. The summed E-state index contributed by atoms with van der Waals surface area (Å²) in [6, 6.07) is 17.1. The van der Waals surface area contributed by atoms with Crippen molar-refractivity contribution in [3.05, 3.63) is 63.7 Å². The quantitative estimate of drug-likeness (QED) is 0.678. The minimum absolute atomic E-state index is 1.26. The highest BCUT2D eigenvalue weighted by Gasteiger charge is 2.00. The Balaban J connectivity index is 2.51. The molecule has 0 atom stereocenters. The van der Waals surface area contributed by atoms with E-state index in [1.807, 2.05) is 4.08 Å². The zero-order valence-electron chi connectivity index (χ0n) is 9.15. The third-order valence-electron chi connectivity index (χ3n) is 2.57. The van der Waals surface area contributed by atoms with Crippen LogP contribution in [0, 0.1) is 6.92 Å².